The molecule has 0 saturated carbocycles. The number of nitrogens with two attached hydrogens (primary N) is 1. The fourth-order valence-corrected chi connectivity index (χ4v) is 4.87. The van der Waals surface area contributed by atoms with Crippen LogP contribution >= 0.6 is 0 Å². The lowest BCUT2D eigenvalue weighted by Crippen LogP contribution is -2.37. The number of anilines is 1. The van der Waals surface area contributed by atoms with Crippen molar-refractivity contribution < 1.29 is 24.5 Å². The number of H-pyrrole nitrogens is 1. The molecule has 208 valence electrons. The zero-order valence-corrected chi connectivity index (χ0v) is 21.9. The number of aromatic amines is 1. The highest BCUT2D eigenvalue weighted by Crippen LogP contribution is 2.33. The number of imidazole rings is 1. The van der Waals surface area contributed by atoms with Crippen molar-refractivity contribution >= 4 is 23.1 Å². The van der Waals surface area contributed by atoms with Crippen molar-refractivity contribution in [1.29, 1.82) is 0 Å². The maximum absolute atomic E-state index is 12.4. The van der Waals surface area contributed by atoms with E-state index >= 15 is 0 Å². The van der Waals surface area contributed by atoms with Gasteiger partial charge in [-0.3, -0.25) is 19.1 Å². The van der Waals surface area contributed by atoms with Crippen LogP contribution in [0.15, 0.2) is 11.1 Å². The molecule has 2 aromatic heterocycles. The molecule has 0 aliphatic carbocycles. The second-order valence-electron chi connectivity index (χ2n) is 9.96. The molecule has 0 spiro atoms. The van der Waals surface area contributed by atoms with Crippen molar-refractivity contribution in [3.8, 4) is 0 Å². The molecule has 3 rings (SSSR count). The van der Waals surface area contributed by atoms with Crippen LogP contribution in [0.3, 0.4) is 0 Å². The Morgan fingerprint density at radius 2 is 1.68 bits per heavy atom. The molecule has 37 heavy (non-hydrogen) atoms. The highest BCUT2D eigenvalue weighted by molar-refractivity contribution is 5.71. The SMILES string of the molecule is CCCCCCCCCCCCCCCC(=O)O[C@H]1[C@@H](O)[C@H](n2cnc3c(=O)[nH]c(N)nc32)O[C@@H]1CO. The van der Waals surface area contributed by atoms with E-state index in [1.54, 1.807) is 0 Å². The third kappa shape index (κ3) is 8.24. The summed E-state index contributed by atoms with van der Waals surface area (Å²) >= 11 is 0. The number of rotatable bonds is 17. The number of nitrogens with zero attached hydrogens (tertiary/aromatic N) is 3. The van der Waals surface area contributed by atoms with Gasteiger partial charge in [0.1, 0.15) is 12.2 Å². The van der Waals surface area contributed by atoms with Crippen molar-refractivity contribution in [3.63, 3.8) is 0 Å². The van der Waals surface area contributed by atoms with E-state index in [9.17, 15) is 19.8 Å². The normalized spacial score (nSPS) is 21.6. The maximum Gasteiger partial charge on any atom is 0.306 e. The van der Waals surface area contributed by atoms with Gasteiger partial charge in [-0.25, -0.2) is 4.98 Å². The molecular weight excluding hydrogens is 478 g/mol. The first-order valence-electron chi connectivity index (χ1n) is 13.8. The highest BCUT2D eigenvalue weighted by Gasteiger charge is 2.47. The topological polar surface area (TPSA) is 166 Å². The summed E-state index contributed by atoms with van der Waals surface area (Å²) in [6.45, 7) is 1.79. The number of nitrogens with one attached hydrogen (secondary N) is 1. The summed E-state index contributed by atoms with van der Waals surface area (Å²) in [5, 5.41) is 20.6. The van der Waals surface area contributed by atoms with Crippen molar-refractivity contribution in [3.05, 3.63) is 16.7 Å². The minimum absolute atomic E-state index is 0.0356. The molecule has 4 atom stereocenters. The van der Waals surface area contributed by atoms with E-state index in [2.05, 4.69) is 21.9 Å². The molecule has 11 heteroatoms. The maximum atomic E-state index is 12.4. The zero-order chi connectivity index (χ0) is 26.6. The summed E-state index contributed by atoms with van der Waals surface area (Å²) in [7, 11) is 0. The largest absolute Gasteiger partial charge is 0.457 e. The van der Waals surface area contributed by atoms with Crippen LogP contribution in [0.25, 0.3) is 11.2 Å². The molecule has 5 N–H and O–H groups in total. The summed E-state index contributed by atoms with van der Waals surface area (Å²) in [6.07, 6.45) is 13.0. The molecule has 3 heterocycles. The number of fused-ring (bicyclic) bond motifs is 1. The number of nitrogen functional groups attached to an aromatic ring is 1. The van der Waals surface area contributed by atoms with Gasteiger partial charge < -0.3 is 25.4 Å². The van der Waals surface area contributed by atoms with Crippen molar-refractivity contribution in [2.24, 2.45) is 0 Å². The summed E-state index contributed by atoms with van der Waals surface area (Å²) < 4.78 is 12.6. The number of aromatic nitrogens is 4. The first kappa shape index (κ1) is 29.1. The van der Waals surface area contributed by atoms with Gasteiger partial charge in [-0.2, -0.15) is 4.98 Å². The van der Waals surface area contributed by atoms with Gasteiger partial charge in [0.2, 0.25) is 5.95 Å². The van der Waals surface area contributed by atoms with E-state index < -0.39 is 42.7 Å². The molecule has 1 saturated heterocycles. The van der Waals surface area contributed by atoms with Crippen LogP contribution in [0.5, 0.6) is 0 Å². The van der Waals surface area contributed by atoms with E-state index in [1.165, 1.54) is 75.1 Å². The first-order chi connectivity index (χ1) is 18.0. The second kappa shape index (κ2) is 15.0. The predicted molar refractivity (Wildman–Crippen MR) is 140 cm³/mol. The van der Waals surface area contributed by atoms with Gasteiger partial charge >= 0.3 is 5.97 Å². The van der Waals surface area contributed by atoms with Gasteiger partial charge in [0.05, 0.1) is 12.9 Å². The van der Waals surface area contributed by atoms with Gasteiger partial charge in [0.25, 0.3) is 5.56 Å². The molecule has 0 amide bonds. The monoisotopic (exact) mass is 521 g/mol. The first-order valence-corrected chi connectivity index (χ1v) is 13.8. The van der Waals surface area contributed by atoms with Crippen LogP contribution in [-0.4, -0.2) is 60.6 Å². The fourth-order valence-electron chi connectivity index (χ4n) is 4.87. The average molecular weight is 522 g/mol. The number of esters is 1. The predicted octanol–water partition coefficient (Wildman–Crippen LogP) is 3.35. The molecule has 1 aliphatic rings. The number of unbranched alkanes of at least 4 members (excludes halogenated alkanes) is 12. The van der Waals surface area contributed by atoms with E-state index in [-0.39, 0.29) is 23.5 Å². The minimum Gasteiger partial charge on any atom is -0.457 e. The summed E-state index contributed by atoms with van der Waals surface area (Å²) in [6, 6.07) is 0. The molecular formula is C26H43N5O6. The number of carbonyl (C=O) groups is 1. The fraction of sp³-hybridized carbons (Fsp3) is 0.769. The molecule has 2 aromatic rings. The number of hydrogen-bond acceptors (Lipinski definition) is 9. The molecule has 0 bridgehead atoms. The third-order valence-electron chi connectivity index (χ3n) is 6.97. The Bertz CT molecular complexity index is 1020. The van der Waals surface area contributed by atoms with Crippen LogP contribution in [-0.2, 0) is 14.3 Å². The average Bonchev–Trinajstić information content (AvgIpc) is 3.43. The molecule has 0 unspecified atom stereocenters. The van der Waals surface area contributed by atoms with Crippen molar-refractivity contribution in [2.75, 3.05) is 12.3 Å². The van der Waals surface area contributed by atoms with Gasteiger partial charge in [-0.1, -0.05) is 84.0 Å². The smallest absolute Gasteiger partial charge is 0.306 e. The van der Waals surface area contributed by atoms with Crippen LogP contribution in [0.2, 0.25) is 0 Å². The Morgan fingerprint density at radius 3 is 2.27 bits per heavy atom. The summed E-state index contributed by atoms with van der Waals surface area (Å²) in [4.78, 5) is 34.9. The molecule has 0 aromatic carbocycles. The van der Waals surface area contributed by atoms with E-state index in [0.29, 0.717) is 6.42 Å². The lowest BCUT2D eigenvalue weighted by Gasteiger charge is -2.20. The quantitative estimate of drug-likeness (QED) is 0.180. The van der Waals surface area contributed by atoms with Crippen molar-refractivity contribution in [1.82, 2.24) is 19.5 Å². The van der Waals surface area contributed by atoms with E-state index in [1.807, 2.05) is 0 Å². The number of carbonyl (C=O) groups excluding carboxylic acids is 1. The number of ether oxygens (including phenoxy) is 2. The van der Waals surface area contributed by atoms with Crippen LogP contribution in [0, 0.1) is 0 Å². The Morgan fingerprint density at radius 1 is 1.08 bits per heavy atom. The lowest BCUT2D eigenvalue weighted by molar-refractivity contribution is -0.156. The minimum atomic E-state index is -1.28. The van der Waals surface area contributed by atoms with Gasteiger partial charge in [-0.05, 0) is 6.42 Å². The van der Waals surface area contributed by atoms with Crippen molar-refractivity contribution in [2.45, 2.75) is 121 Å². The van der Waals surface area contributed by atoms with E-state index in [0.717, 1.165) is 12.8 Å². The standard InChI is InChI=1S/C26H43N5O6/c1-2-3-4-5-6-7-8-9-10-11-12-13-14-15-19(33)37-22-18(16-32)36-25(21(22)34)31-17-28-20-23(31)29-26(27)30-24(20)35/h17-18,21-22,25,32,34H,2-16H2,1H3,(H3,27,29,30,35)/t18-,21-,22-,25-/m1/s1. The Hall–Kier alpha value is -2.50. The van der Waals surface area contributed by atoms with Gasteiger partial charge in [-0.15, -0.1) is 0 Å². The molecule has 11 nitrogen and oxygen atoms in total. The molecule has 0 radical (unpaired) electrons. The Labute approximate surface area is 217 Å². The van der Waals surface area contributed by atoms with Crippen LogP contribution in [0.1, 0.15) is 103 Å². The third-order valence-corrected chi connectivity index (χ3v) is 6.97. The summed E-state index contributed by atoms with van der Waals surface area (Å²) in [5.74, 6) is -0.546. The number of aliphatic hydroxyl groups excluding tert-OH is 2. The lowest BCUT2D eigenvalue weighted by atomic mass is 10.0. The zero-order valence-electron chi connectivity index (χ0n) is 21.9. The highest BCUT2D eigenvalue weighted by atomic mass is 16.6. The molecule has 1 fully saturated rings. The van der Waals surface area contributed by atoms with Crippen LogP contribution in [0.4, 0.5) is 5.95 Å². The molecule has 1 aliphatic heterocycles. The van der Waals surface area contributed by atoms with E-state index in [4.69, 9.17) is 15.2 Å². The second-order valence-corrected chi connectivity index (χ2v) is 9.96. The summed E-state index contributed by atoms with van der Waals surface area (Å²) in [5.41, 5.74) is 5.28. The van der Waals surface area contributed by atoms with Gasteiger partial charge in [0.15, 0.2) is 23.5 Å². The van der Waals surface area contributed by atoms with Gasteiger partial charge in [0, 0.05) is 6.42 Å². The Kier molecular flexibility index (Phi) is 11.8. The number of hydrogen-bond donors (Lipinski definition) is 4. The number of aliphatic hydroxyl groups is 2. The van der Waals surface area contributed by atoms with Crippen LogP contribution < -0.4 is 11.3 Å². The Balaban J connectivity index is 1.36.